The predicted molar refractivity (Wildman–Crippen MR) is 135 cm³/mol. The van der Waals surface area contributed by atoms with Crippen LogP contribution in [0.1, 0.15) is 81.3 Å². The topological polar surface area (TPSA) is 38.7 Å². The molecule has 1 N–H and O–H groups in total. The predicted octanol–water partition coefficient (Wildman–Crippen LogP) is 8.09. The first-order valence-corrected chi connectivity index (χ1v) is 12.5. The summed E-state index contributed by atoms with van der Waals surface area (Å²) < 4.78 is 67.8. The first-order chi connectivity index (χ1) is 17.1. The van der Waals surface area contributed by atoms with Crippen molar-refractivity contribution in [1.82, 2.24) is 0 Å². The first kappa shape index (κ1) is 29.8. The first-order valence-electron chi connectivity index (χ1n) is 12.5. The number of methoxy groups -OCH3 is 1. The number of halogens is 4. The Morgan fingerprint density at radius 3 is 1.81 bits per heavy atom. The molecule has 2 aliphatic carbocycles. The van der Waals surface area contributed by atoms with Crippen LogP contribution in [0.25, 0.3) is 0 Å². The van der Waals surface area contributed by atoms with Gasteiger partial charge in [-0.2, -0.15) is 4.39 Å². The Bertz CT molecular complexity index is 940. The molecule has 2 aliphatic rings. The maximum Gasteiger partial charge on any atom is 0.200 e. The standard InChI is InChI=1S/C26H32F4O3.C3H6/c1-15(23(27)24(28)16(2)32-3)14-33-20-10-6-18(7-11-20)22-13-12-21(25(29)26(22)30)17-4-8-19(31)9-5-17;1-3-2/h12-13,17-20,31H,1-2,4-11,14H2,3H3;3H,1H2,2H3/b24-23-;. The fourth-order valence-electron chi connectivity index (χ4n) is 4.79. The second-order valence-electron chi connectivity index (χ2n) is 9.43. The highest BCUT2D eigenvalue weighted by molar-refractivity contribution is 5.33. The highest BCUT2D eigenvalue weighted by Crippen LogP contribution is 2.40. The largest absolute Gasteiger partial charge is 0.494 e. The van der Waals surface area contributed by atoms with Crippen LogP contribution in [0.15, 0.2) is 60.9 Å². The zero-order chi connectivity index (χ0) is 26.8. The Morgan fingerprint density at radius 1 is 0.917 bits per heavy atom. The molecule has 0 aliphatic heterocycles. The van der Waals surface area contributed by atoms with Crippen LogP contribution in [0.5, 0.6) is 0 Å². The van der Waals surface area contributed by atoms with E-state index in [0.29, 0.717) is 62.5 Å². The van der Waals surface area contributed by atoms with Crippen LogP contribution in [0.2, 0.25) is 0 Å². The third-order valence-corrected chi connectivity index (χ3v) is 6.88. The summed E-state index contributed by atoms with van der Waals surface area (Å²) in [5.41, 5.74) is 0.632. The van der Waals surface area contributed by atoms with E-state index in [9.17, 15) is 22.7 Å². The summed E-state index contributed by atoms with van der Waals surface area (Å²) >= 11 is 0. The van der Waals surface area contributed by atoms with Gasteiger partial charge >= 0.3 is 0 Å². The minimum absolute atomic E-state index is 0.0606. The number of aliphatic hydroxyl groups is 1. The molecule has 0 heterocycles. The Morgan fingerprint density at radius 2 is 1.36 bits per heavy atom. The SMILES string of the molecule is C=C(COC1CCC(c2ccc(C3CCC(O)CC3)c(F)c2F)CC1)/C(F)=C(/F)C(=C)OC.C=CC. The molecule has 200 valence electrons. The second-order valence-corrected chi connectivity index (χ2v) is 9.43. The fraction of sp³-hybridized carbons (Fsp3) is 0.517. The molecule has 0 saturated heterocycles. The van der Waals surface area contributed by atoms with Gasteiger partial charge in [-0.25, -0.2) is 13.2 Å². The number of hydrogen-bond donors (Lipinski definition) is 1. The highest BCUT2D eigenvalue weighted by Gasteiger charge is 2.29. The van der Waals surface area contributed by atoms with E-state index in [1.54, 1.807) is 18.2 Å². The van der Waals surface area contributed by atoms with Crippen LogP contribution in [-0.2, 0) is 9.47 Å². The molecule has 0 spiro atoms. The van der Waals surface area contributed by atoms with Crippen molar-refractivity contribution in [3.63, 3.8) is 0 Å². The maximum atomic E-state index is 14.9. The Balaban J connectivity index is 0.00000145. The van der Waals surface area contributed by atoms with Crippen molar-refractivity contribution in [2.24, 2.45) is 0 Å². The maximum absolute atomic E-state index is 14.9. The zero-order valence-corrected chi connectivity index (χ0v) is 21.3. The normalized spacial score (nSPS) is 24.6. The van der Waals surface area contributed by atoms with Crippen LogP contribution >= 0.6 is 0 Å². The Labute approximate surface area is 212 Å². The van der Waals surface area contributed by atoms with Gasteiger partial charge in [0, 0.05) is 5.57 Å². The minimum atomic E-state index is -1.21. The summed E-state index contributed by atoms with van der Waals surface area (Å²) in [6.45, 7) is 11.8. The van der Waals surface area contributed by atoms with E-state index in [4.69, 9.17) is 4.74 Å². The lowest BCUT2D eigenvalue weighted by atomic mass is 9.79. The molecule has 0 radical (unpaired) electrons. The summed E-state index contributed by atoms with van der Waals surface area (Å²) in [6.07, 6.45) is 6.15. The number of hydrogen-bond acceptors (Lipinski definition) is 3. The molecule has 0 aromatic heterocycles. The molecule has 0 atom stereocenters. The molecule has 1 aromatic rings. The van der Waals surface area contributed by atoms with Gasteiger partial charge in [-0.05, 0) is 81.3 Å². The van der Waals surface area contributed by atoms with E-state index >= 15 is 0 Å². The van der Waals surface area contributed by atoms with E-state index < -0.39 is 29.0 Å². The van der Waals surface area contributed by atoms with Gasteiger partial charge in [0.05, 0.1) is 25.9 Å². The quantitative estimate of drug-likeness (QED) is 0.166. The lowest BCUT2D eigenvalue weighted by Gasteiger charge is -2.30. The van der Waals surface area contributed by atoms with Crippen LogP contribution in [0, 0.1) is 11.6 Å². The summed E-state index contributed by atoms with van der Waals surface area (Å²) in [7, 11) is 1.19. The van der Waals surface area contributed by atoms with Gasteiger partial charge < -0.3 is 14.6 Å². The Kier molecular flexibility index (Phi) is 11.9. The third kappa shape index (κ3) is 7.81. The van der Waals surface area contributed by atoms with Crippen LogP contribution in [0.3, 0.4) is 0 Å². The lowest BCUT2D eigenvalue weighted by molar-refractivity contribution is 0.0380. The van der Waals surface area contributed by atoms with Gasteiger partial charge in [-0.15, -0.1) is 6.58 Å². The van der Waals surface area contributed by atoms with Crippen LogP contribution < -0.4 is 0 Å². The number of allylic oxidation sites excluding steroid dienone is 2. The van der Waals surface area contributed by atoms with Crippen molar-refractivity contribution in [3.05, 3.63) is 83.7 Å². The minimum Gasteiger partial charge on any atom is -0.494 e. The molecular weight excluding hydrogens is 472 g/mol. The van der Waals surface area contributed by atoms with Crippen LogP contribution in [0.4, 0.5) is 17.6 Å². The molecule has 0 unspecified atom stereocenters. The molecule has 0 amide bonds. The van der Waals surface area contributed by atoms with E-state index in [1.807, 2.05) is 6.92 Å². The molecular formula is C29H38F4O3. The third-order valence-electron chi connectivity index (χ3n) is 6.88. The van der Waals surface area contributed by atoms with E-state index in [-0.39, 0.29) is 36.2 Å². The number of aliphatic hydroxyl groups excluding tert-OH is 1. The van der Waals surface area contributed by atoms with E-state index in [1.165, 1.54) is 7.11 Å². The number of benzene rings is 1. The second kappa shape index (κ2) is 14.4. The molecule has 36 heavy (non-hydrogen) atoms. The summed E-state index contributed by atoms with van der Waals surface area (Å²) in [5, 5.41) is 9.66. The van der Waals surface area contributed by atoms with Crippen molar-refractivity contribution >= 4 is 0 Å². The molecule has 3 nitrogen and oxygen atoms in total. The number of rotatable bonds is 8. The zero-order valence-electron chi connectivity index (χ0n) is 21.3. The van der Waals surface area contributed by atoms with Crippen molar-refractivity contribution < 1.29 is 32.1 Å². The molecule has 0 bridgehead atoms. The summed E-state index contributed by atoms with van der Waals surface area (Å²) in [4.78, 5) is 0. The van der Waals surface area contributed by atoms with Crippen LogP contribution in [-0.4, -0.2) is 31.0 Å². The van der Waals surface area contributed by atoms with Gasteiger partial charge in [0.2, 0.25) is 0 Å². The Hall–Kier alpha value is -2.38. The van der Waals surface area contributed by atoms with Crippen molar-refractivity contribution in [2.45, 2.75) is 82.3 Å². The average Bonchev–Trinajstić information content (AvgIpc) is 2.89. The summed E-state index contributed by atoms with van der Waals surface area (Å²) in [6, 6.07) is 3.39. The van der Waals surface area contributed by atoms with Gasteiger partial charge in [0.1, 0.15) is 5.76 Å². The van der Waals surface area contributed by atoms with Gasteiger partial charge in [-0.1, -0.05) is 31.4 Å². The average molecular weight is 511 g/mol. The fourth-order valence-corrected chi connectivity index (χ4v) is 4.79. The van der Waals surface area contributed by atoms with Gasteiger partial charge in [0.15, 0.2) is 23.3 Å². The lowest BCUT2D eigenvalue weighted by Crippen LogP contribution is -2.23. The van der Waals surface area contributed by atoms with Crippen molar-refractivity contribution in [3.8, 4) is 0 Å². The molecule has 3 rings (SSSR count). The van der Waals surface area contributed by atoms with Gasteiger partial charge in [0.25, 0.3) is 0 Å². The molecule has 1 aromatic carbocycles. The van der Waals surface area contributed by atoms with Gasteiger partial charge in [-0.3, -0.25) is 0 Å². The molecule has 7 heteroatoms. The highest BCUT2D eigenvalue weighted by atomic mass is 19.2. The molecule has 2 fully saturated rings. The van der Waals surface area contributed by atoms with Crippen molar-refractivity contribution in [1.29, 1.82) is 0 Å². The van der Waals surface area contributed by atoms with E-state index in [0.717, 1.165) is 0 Å². The van der Waals surface area contributed by atoms with Crippen molar-refractivity contribution in [2.75, 3.05) is 13.7 Å². The summed E-state index contributed by atoms with van der Waals surface area (Å²) in [5.74, 6) is -4.52. The monoisotopic (exact) mass is 510 g/mol. The molecule has 2 saturated carbocycles. The smallest absolute Gasteiger partial charge is 0.200 e. The van der Waals surface area contributed by atoms with E-state index in [2.05, 4.69) is 24.5 Å². The number of ether oxygens (including phenoxy) is 2.